The number of nitrogens with zero attached hydrogens (tertiary/aromatic N) is 1. The van der Waals surface area contributed by atoms with E-state index >= 15 is 0 Å². The standard InChI is InChI=1S/C18H19NO2/c1-11-10-12-6-5-8-13(12)17-16(18(20)21-2)14-7-3-4-9-15(14)19(11)17/h3-4,7,9,12-13H,1,5-6,8,10H2,2H3/t12-,13-/m1/s1. The maximum atomic E-state index is 12.4. The molecule has 2 aromatic rings. The van der Waals surface area contributed by atoms with Crippen LogP contribution in [0.2, 0.25) is 0 Å². The Kier molecular flexibility index (Phi) is 2.71. The van der Waals surface area contributed by atoms with Gasteiger partial charge in [-0.15, -0.1) is 0 Å². The average molecular weight is 281 g/mol. The van der Waals surface area contributed by atoms with Crippen LogP contribution in [0.1, 0.15) is 47.7 Å². The minimum Gasteiger partial charge on any atom is -0.465 e. The molecule has 1 aliphatic carbocycles. The van der Waals surface area contributed by atoms with Gasteiger partial charge in [0, 0.05) is 22.7 Å². The van der Waals surface area contributed by atoms with Crippen molar-refractivity contribution in [3.63, 3.8) is 0 Å². The first-order valence-corrected chi connectivity index (χ1v) is 7.62. The highest BCUT2D eigenvalue weighted by Gasteiger charge is 2.40. The molecule has 0 radical (unpaired) electrons. The van der Waals surface area contributed by atoms with Crippen LogP contribution in [-0.2, 0) is 4.74 Å². The van der Waals surface area contributed by atoms with Crippen LogP contribution in [0.3, 0.4) is 0 Å². The summed E-state index contributed by atoms with van der Waals surface area (Å²) in [5, 5.41) is 0.994. The number of hydrogen-bond donors (Lipinski definition) is 0. The Morgan fingerprint density at radius 1 is 1.33 bits per heavy atom. The molecule has 3 nitrogen and oxygen atoms in total. The first-order valence-electron chi connectivity index (χ1n) is 7.62. The molecule has 3 heteroatoms. The molecule has 1 saturated carbocycles. The number of esters is 1. The topological polar surface area (TPSA) is 31.2 Å². The van der Waals surface area contributed by atoms with Gasteiger partial charge in [-0.1, -0.05) is 31.2 Å². The van der Waals surface area contributed by atoms with Gasteiger partial charge in [0.05, 0.1) is 18.2 Å². The Hall–Kier alpha value is -2.03. The summed E-state index contributed by atoms with van der Waals surface area (Å²) in [5.74, 6) is 0.884. The Bertz CT molecular complexity index is 756. The van der Waals surface area contributed by atoms with Crippen molar-refractivity contribution in [1.29, 1.82) is 0 Å². The minimum atomic E-state index is -0.222. The van der Waals surface area contributed by atoms with Crippen LogP contribution in [0.15, 0.2) is 30.8 Å². The summed E-state index contributed by atoms with van der Waals surface area (Å²) in [6.07, 6.45) is 4.69. The molecule has 108 valence electrons. The lowest BCUT2D eigenvalue weighted by atomic mass is 9.84. The quantitative estimate of drug-likeness (QED) is 0.734. The molecule has 1 aromatic carbocycles. The fraction of sp³-hybridized carbons (Fsp3) is 0.389. The fourth-order valence-electron chi connectivity index (χ4n) is 4.30. The predicted molar refractivity (Wildman–Crippen MR) is 83.3 cm³/mol. The van der Waals surface area contributed by atoms with Gasteiger partial charge >= 0.3 is 5.97 Å². The van der Waals surface area contributed by atoms with Gasteiger partial charge in [0.15, 0.2) is 0 Å². The van der Waals surface area contributed by atoms with Crippen molar-refractivity contribution in [2.24, 2.45) is 5.92 Å². The van der Waals surface area contributed by atoms with Gasteiger partial charge in [-0.25, -0.2) is 4.79 Å². The molecule has 1 aromatic heterocycles. The maximum absolute atomic E-state index is 12.4. The van der Waals surface area contributed by atoms with Crippen LogP contribution in [0.4, 0.5) is 0 Å². The number of hydrogen-bond acceptors (Lipinski definition) is 2. The van der Waals surface area contributed by atoms with E-state index in [1.807, 2.05) is 18.2 Å². The smallest absolute Gasteiger partial charge is 0.340 e. The zero-order chi connectivity index (χ0) is 14.6. The molecule has 1 fully saturated rings. The van der Waals surface area contributed by atoms with Gasteiger partial charge in [-0.2, -0.15) is 0 Å². The van der Waals surface area contributed by atoms with Crippen LogP contribution in [0.5, 0.6) is 0 Å². The van der Waals surface area contributed by atoms with E-state index in [4.69, 9.17) is 4.74 Å². The summed E-state index contributed by atoms with van der Waals surface area (Å²) in [6.45, 7) is 4.28. The normalized spacial score (nSPS) is 24.0. The second-order valence-electron chi connectivity index (χ2n) is 6.17. The molecule has 2 atom stereocenters. The Labute approximate surface area is 124 Å². The molecule has 2 heterocycles. The van der Waals surface area contributed by atoms with Crippen LogP contribution < -0.4 is 0 Å². The number of carbonyl (C=O) groups is 1. The van der Waals surface area contributed by atoms with Crippen molar-refractivity contribution in [2.75, 3.05) is 7.11 Å². The van der Waals surface area contributed by atoms with Crippen molar-refractivity contribution < 1.29 is 9.53 Å². The molecule has 0 saturated heterocycles. The molecule has 0 amide bonds. The Morgan fingerprint density at radius 2 is 2.14 bits per heavy atom. The molecule has 2 aliphatic rings. The fourth-order valence-corrected chi connectivity index (χ4v) is 4.30. The first kappa shape index (κ1) is 12.7. The monoisotopic (exact) mass is 281 g/mol. The lowest BCUT2D eigenvalue weighted by Crippen LogP contribution is -2.21. The molecule has 0 N–H and O–H groups in total. The number of allylic oxidation sites excluding steroid dienone is 1. The van der Waals surface area contributed by atoms with Crippen molar-refractivity contribution in [3.8, 4) is 0 Å². The van der Waals surface area contributed by atoms with Crippen molar-refractivity contribution in [2.45, 2.75) is 31.6 Å². The predicted octanol–water partition coefficient (Wildman–Crippen LogP) is 4.19. The number of benzene rings is 1. The average Bonchev–Trinajstić information content (AvgIpc) is 3.08. The number of ether oxygens (including phenoxy) is 1. The molecular formula is C18H19NO2. The van der Waals surface area contributed by atoms with E-state index in [2.05, 4.69) is 17.2 Å². The zero-order valence-corrected chi connectivity index (χ0v) is 12.3. The summed E-state index contributed by atoms with van der Waals surface area (Å²) in [7, 11) is 1.46. The minimum absolute atomic E-state index is 0.222. The SMILES string of the molecule is C=C1C[C@H]2CCC[C@H]2c2c(C(=O)OC)c3ccccc3n21. The van der Waals surface area contributed by atoms with E-state index in [9.17, 15) is 4.79 Å². The number of fused-ring (bicyclic) bond motifs is 5. The summed E-state index contributed by atoms with van der Waals surface area (Å²) >= 11 is 0. The van der Waals surface area contributed by atoms with Crippen LogP contribution >= 0.6 is 0 Å². The lowest BCUT2D eigenvalue weighted by Gasteiger charge is -2.30. The van der Waals surface area contributed by atoms with Gasteiger partial charge in [0.25, 0.3) is 0 Å². The highest BCUT2D eigenvalue weighted by atomic mass is 16.5. The Morgan fingerprint density at radius 3 is 2.95 bits per heavy atom. The van der Waals surface area contributed by atoms with Crippen molar-refractivity contribution >= 4 is 22.6 Å². The third-order valence-electron chi connectivity index (χ3n) is 5.13. The number of para-hydroxylation sites is 1. The second-order valence-corrected chi connectivity index (χ2v) is 6.17. The molecule has 1 aliphatic heterocycles. The number of methoxy groups -OCH3 is 1. The first-order chi connectivity index (χ1) is 10.2. The second kappa shape index (κ2) is 4.48. The molecule has 21 heavy (non-hydrogen) atoms. The molecule has 0 unspecified atom stereocenters. The van der Waals surface area contributed by atoms with Gasteiger partial charge in [0.1, 0.15) is 0 Å². The zero-order valence-electron chi connectivity index (χ0n) is 12.3. The third kappa shape index (κ3) is 1.63. The van der Waals surface area contributed by atoms with Crippen LogP contribution in [0, 0.1) is 5.92 Å². The number of rotatable bonds is 1. The van der Waals surface area contributed by atoms with E-state index in [-0.39, 0.29) is 5.97 Å². The molecule has 0 bridgehead atoms. The van der Waals surface area contributed by atoms with E-state index in [1.165, 1.54) is 20.0 Å². The lowest BCUT2D eigenvalue weighted by molar-refractivity contribution is 0.0600. The van der Waals surface area contributed by atoms with Crippen LogP contribution in [-0.4, -0.2) is 17.6 Å². The van der Waals surface area contributed by atoms with Crippen molar-refractivity contribution in [3.05, 3.63) is 42.1 Å². The van der Waals surface area contributed by atoms with E-state index < -0.39 is 0 Å². The molecular weight excluding hydrogens is 262 g/mol. The molecule has 0 spiro atoms. The van der Waals surface area contributed by atoms with Gasteiger partial charge in [-0.3, -0.25) is 0 Å². The maximum Gasteiger partial charge on any atom is 0.340 e. The van der Waals surface area contributed by atoms with E-state index in [0.717, 1.165) is 40.7 Å². The highest BCUT2D eigenvalue weighted by molar-refractivity contribution is 6.07. The third-order valence-corrected chi connectivity index (χ3v) is 5.13. The number of aromatic nitrogens is 1. The summed E-state index contributed by atoms with van der Waals surface area (Å²) in [6, 6.07) is 8.09. The van der Waals surface area contributed by atoms with E-state index in [1.54, 1.807) is 0 Å². The molecule has 4 rings (SSSR count). The summed E-state index contributed by atoms with van der Waals surface area (Å²) < 4.78 is 7.29. The summed E-state index contributed by atoms with van der Waals surface area (Å²) in [4.78, 5) is 12.4. The summed E-state index contributed by atoms with van der Waals surface area (Å²) in [5.41, 5.74) is 4.09. The van der Waals surface area contributed by atoms with Gasteiger partial charge < -0.3 is 9.30 Å². The Balaban J connectivity index is 2.09. The van der Waals surface area contributed by atoms with Gasteiger partial charge in [0.2, 0.25) is 0 Å². The largest absolute Gasteiger partial charge is 0.465 e. The van der Waals surface area contributed by atoms with Gasteiger partial charge in [-0.05, 0) is 31.2 Å². The van der Waals surface area contributed by atoms with E-state index in [0.29, 0.717) is 11.8 Å². The van der Waals surface area contributed by atoms with Crippen molar-refractivity contribution in [1.82, 2.24) is 4.57 Å². The number of carbonyl (C=O) groups excluding carboxylic acids is 1. The van der Waals surface area contributed by atoms with Crippen LogP contribution in [0.25, 0.3) is 16.6 Å². The highest BCUT2D eigenvalue weighted by Crippen LogP contribution is 2.51.